The smallest absolute Gasteiger partial charge is 0.0621 e. The van der Waals surface area contributed by atoms with Crippen LogP contribution in [-0.4, -0.2) is 35.6 Å². The molecule has 0 aliphatic heterocycles. The first-order chi connectivity index (χ1) is 7.74. The second-order valence-electron chi connectivity index (χ2n) is 4.23. The quantitative estimate of drug-likeness (QED) is 0.729. The lowest BCUT2D eigenvalue weighted by molar-refractivity contribution is 0.108. The van der Waals surface area contributed by atoms with Gasteiger partial charge in [-0.1, -0.05) is 13.8 Å². The van der Waals surface area contributed by atoms with Gasteiger partial charge in [0, 0.05) is 31.6 Å². The predicted molar refractivity (Wildman–Crippen MR) is 65.3 cm³/mol. The minimum atomic E-state index is 0.426. The average Bonchev–Trinajstić information content (AvgIpc) is 2.75. The molecular weight excluding hydrogens is 202 g/mol. The van der Waals surface area contributed by atoms with Crippen molar-refractivity contribution in [2.45, 2.75) is 33.4 Å². The fraction of sp³-hybridized carbons (Fsp3) is 0.750. The Morgan fingerprint density at radius 3 is 2.81 bits per heavy atom. The van der Waals surface area contributed by atoms with Crippen LogP contribution in [0.25, 0.3) is 0 Å². The van der Waals surface area contributed by atoms with Crippen molar-refractivity contribution in [1.29, 1.82) is 0 Å². The monoisotopic (exact) mass is 225 g/mol. The Kier molecular flexibility index (Phi) is 6.11. The number of ether oxygens (including phenoxy) is 1. The van der Waals surface area contributed by atoms with Crippen molar-refractivity contribution in [3.63, 3.8) is 0 Å². The van der Waals surface area contributed by atoms with Gasteiger partial charge in [0.15, 0.2) is 0 Å². The Hall–Kier alpha value is -0.870. The van der Waals surface area contributed by atoms with Gasteiger partial charge >= 0.3 is 0 Å². The SMILES string of the molecule is CCOCC(NCCn1cccn1)C(C)C. The van der Waals surface area contributed by atoms with Crippen molar-refractivity contribution >= 4 is 0 Å². The molecule has 0 radical (unpaired) electrons. The third kappa shape index (κ3) is 4.77. The first-order valence-electron chi connectivity index (χ1n) is 6.02. The molecule has 16 heavy (non-hydrogen) atoms. The van der Waals surface area contributed by atoms with Gasteiger partial charge in [-0.2, -0.15) is 5.10 Å². The van der Waals surface area contributed by atoms with Gasteiger partial charge in [-0.15, -0.1) is 0 Å². The predicted octanol–water partition coefficient (Wildman–Crippen LogP) is 1.53. The van der Waals surface area contributed by atoms with Gasteiger partial charge in [0.25, 0.3) is 0 Å². The Balaban J connectivity index is 2.21. The van der Waals surface area contributed by atoms with E-state index in [4.69, 9.17) is 4.74 Å². The molecule has 1 aromatic rings. The molecule has 0 spiro atoms. The Bertz CT molecular complexity index is 259. The van der Waals surface area contributed by atoms with Crippen molar-refractivity contribution in [2.24, 2.45) is 5.92 Å². The molecular formula is C12H23N3O. The van der Waals surface area contributed by atoms with Crippen LogP contribution in [0, 0.1) is 5.92 Å². The van der Waals surface area contributed by atoms with E-state index in [0.717, 1.165) is 26.3 Å². The van der Waals surface area contributed by atoms with Crippen molar-refractivity contribution in [1.82, 2.24) is 15.1 Å². The zero-order valence-electron chi connectivity index (χ0n) is 10.5. The molecule has 0 aliphatic carbocycles. The Labute approximate surface area is 98.0 Å². The van der Waals surface area contributed by atoms with Crippen LogP contribution in [0.3, 0.4) is 0 Å². The summed E-state index contributed by atoms with van der Waals surface area (Å²) in [4.78, 5) is 0. The summed E-state index contributed by atoms with van der Waals surface area (Å²) in [5, 5.41) is 7.67. The minimum absolute atomic E-state index is 0.426. The number of aromatic nitrogens is 2. The molecule has 4 heteroatoms. The molecule has 0 bridgehead atoms. The number of nitrogens with zero attached hydrogens (tertiary/aromatic N) is 2. The second-order valence-corrected chi connectivity index (χ2v) is 4.23. The number of hydrogen-bond donors (Lipinski definition) is 1. The lowest BCUT2D eigenvalue weighted by Crippen LogP contribution is -2.39. The molecule has 0 aromatic carbocycles. The van der Waals surface area contributed by atoms with Gasteiger partial charge in [0.05, 0.1) is 13.2 Å². The zero-order valence-corrected chi connectivity index (χ0v) is 10.5. The number of hydrogen-bond acceptors (Lipinski definition) is 3. The van der Waals surface area contributed by atoms with Crippen molar-refractivity contribution < 1.29 is 4.74 Å². The Morgan fingerprint density at radius 1 is 1.44 bits per heavy atom. The van der Waals surface area contributed by atoms with Crippen LogP contribution < -0.4 is 5.32 Å². The standard InChI is InChI=1S/C12H23N3O/c1-4-16-10-12(11(2)3)13-7-9-15-8-5-6-14-15/h5-6,8,11-13H,4,7,9-10H2,1-3H3. The van der Waals surface area contributed by atoms with Crippen LogP contribution in [0.5, 0.6) is 0 Å². The average molecular weight is 225 g/mol. The summed E-state index contributed by atoms with van der Waals surface area (Å²) in [6, 6.07) is 2.37. The maximum absolute atomic E-state index is 5.46. The van der Waals surface area contributed by atoms with Gasteiger partial charge in [0.2, 0.25) is 0 Å². The highest BCUT2D eigenvalue weighted by Gasteiger charge is 2.11. The summed E-state index contributed by atoms with van der Waals surface area (Å²) in [7, 11) is 0. The van der Waals surface area contributed by atoms with E-state index >= 15 is 0 Å². The zero-order chi connectivity index (χ0) is 11.8. The fourth-order valence-electron chi connectivity index (χ4n) is 1.53. The summed E-state index contributed by atoms with van der Waals surface area (Å²) < 4.78 is 7.40. The molecule has 1 rings (SSSR count). The third-order valence-corrected chi connectivity index (χ3v) is 2.61. The lowest BCUT2D eigenvalue weighted by atomic mass is 10.1. The van der Waals surface area contributed by atoms with E-state index in [0.29, 0.717) is 12.0 Å². The molecule has 1 unspecified atom stereocenters. The van der Waals surface area contributed by atoms with E-state index in [1.54, 1.807) is 6.20 Å². The van der Waals surface area contributed by atoms with Crippen LogP contribution >= 0.6 is 0 Å². The Morgan fingerprint density at radius 2 is 2.25 bits per heavy atom. The minimum Gasteiger partial charge on any atom is -0.380 e. The summed E-state index contributed by atoms with van der Waals surface area (Å²) in [6.45, 7) is 9.85. The van der Waals surface area contributed by atoms with E-state index in [1.165, 1.54) is 0 Å². The van der Waals surface area contributed by atoms with E-state index in [-0.39, 0.29) is 0 Å². The molecule has 0 aliphatic rings. The van der Waals surface area contributed by atoms with Crippen LogP contribution in [-0.2, 0) is 11.3 Å². The van der Waals surface area contributed by atoms with Crippen LogP contribution in [0.1, 0.15) is 20.8 Å². The van der Waals surface area contributed by atoms with Crippen LogP contribution in [0.15, 0.2) is 18.5 Å². The number of nitrogens with one attached hydrogen (secondary N) is 1. The molecule has 0 fully saturated rings. The van der Waals surface area contributed by atoms with Crippen molar-refractivity contribution in [3.05, 3.63) is 18.5 Å². The van der Waals surface area contributed by atoms with E-state index < -0.39 is 0 Å². The van der Waals surface area contributed by atoms with Gasteiger partial charge in [-0.05, 0) is 18.9 Å². The first-order valence-corrected chi connectivity index (χ1v) is 6.02. The summed E-state index contributed by atoms with van der Waals surface area (Å²) >= 11 is 0. The molecule has 1 atom stereocenters. The van der Waals surface area contributed by atoms with Crippen molar-refractivity contribution in [3.8, 4) is 0 Å². The molecule has 1 aromatic heterocycles. The van der Waals surface area contributed by atoms with Gasteiger partial charge < -0.3 is 10.1 Å². The molecule has 1 N–H and O–H groups in total. The highest BCUT2D eigenvalue weighted by molar-refractivity contribution is 4.78. The molecule has 1 heterocycles. The van der Waals surface area contributed by atoms with Crippen molar-refractivity contribution in [2.75, 3.05) is 19.8 Å². The van der Waals surface area contributed by atoms with Gasteiger partial charge in [0.1, 0.15) is 0 Å². The van der Waals surface area contributed by atoms with E-state index in [2.05, 4.69) is 24.3 Å². The normalized spacial score (nSPS) is 13.2. The molecule has 0 amide bonds. The second kappa shape index (κ2) is 7.41. The summed E-state index contributed by atoms with van der Waals surface area (Å²) in [5.41, 5.74) is 0. The van der Waals surface area contributed by atoms with E-state index in [9.17, 15) is 0 Å². The first kappa shape index (κ1) is 13.2. The lowest BCUT2D eigenvalue weighted by Gasteiger charge is -2.22. The largest absolute Gasteiger partial charge is 0.380 e. The van der Waals surface area contributed by atoms with Gasteiger partial charge in [-0.3, -0.25) is 4.68 Å². The molecule has 92 valence electrons. The highest BCUT2D eigenvalue weighted by atomic mass is 16.5. The highest BCUT2D eigenvalue weighted by Crippen LogP contribution is 2.01. The van der Waals surface area contributed by atoms with Crippen LogP contribution in [0.2, 0.25) is 0 Å². The maximum atomic E-state index is 5.46. The van der Waals surface area contributed by atoms with Crippen LogP contribution in [0.4, 0.5) is 0 Å². The summed E-state index contributed by atoms with van der Waals surface area (Å²) in [5.74, 6) is 0.587. The van der Waals surface area contributed by atoms with E-state index in [1.807, 2.05) is 23.9 Å². The molecule has 4 nitrogen and oxygen atoms in total. The molecule has 0 saturated carbocycles. The maximum Gasteiger partial charge on any atom is 0.0621 e. The molecule has 0 saturated heterocycles. The van der Waals surface area contributed by atoms with Gasteiger partial charge in [-0.25, -0.2) is 0 Å². The number of rotatable bonds is 8. The fourth-order valence-corrected chi connectivity index (χ4v) is 1.53. The summed E-state index contributed by atoms with van der Waals surface area (Å²) in [6.07, 6.45) is 3.79. The topological polar surface area (TPSA) is 39.1 Å². The third-order valence-electron chi connectivity index (χ3n) is 2.61.